The van der Waals surface area contributed by atoms with Crippen LogP contribution in [-0.4, -0.2) is 17.3 Å². The summed E-state index contributed by atoms with van der Waals surface area (Å²) < 4.78 is 10.3. The molecular formula is C14H12ClN3O2S. The van der Waals surface area contributed by atoms with Crippen molar-refractivity contribution in [3.8, 4) is 16.5 Å². The number of ether oxygens (including phenoxy) is 1. The van der Waals surface area contributed by atoms with Gasteiger partial charge in [-0.05, 0) is 29.6 Å². The van der Waals surface area contributed by atoms with E-state index >= 15 is 0 Å². The van der Waals surface area contributed by atoms with E-state index in [9.17, 15) is 0 Å². The predicted molar refractivity (Wildman–Crippen MR) is 82.9 cm³/mol. The van der Waals surface area contributed by atoms with Gasteiger partial charge in [0.25, 0.3) is 0 Å². The van der Waals surface area contributed by atoms with Gasteiger partial charge in [0.05, 0.1) is 23.6 Å². The third-order valence-corrected chi connectivity index (χ3v) is 3.97. The lowest BCUT2D eigenvalue weighted by Crippen LogP contribution is -1.99. The van der Waals surface area contributed by atoms with Gasteiger partial charge in [-0.15, -0.1) is 11.3 Å². The number of nitrogens with zero attached hydrogens (tertiary/aromatic N) is 2. The number of methoxy groups -OCH3 is 1. The Morgan fingerprint density at radius 1 is 1.38 bits per heavy atom. The molecule has 3 aromatic rings. The van der Waals surface area contributed by atoms with Gasteiger partial charge in [0, 0.05) is 5.69 Å². The van der Waals surface area contributed by atoms with Crippen LogP contribution in [0, 0.1) is 0 Å². The average molecular weight is 322 g/mol. The fourth-order valence-corrected chi connectivity index (χ4v) is 2.69. The Balaban J connectivity index is 1.66. The maximum Gasteiger partial charge on any atom is 0.246 e. The molecule has 0 radical (unpaired) electrons. The Labute approximate surface area is 130 Å². The van der Waals surface area contributed by atoms with Crippen LogP contribution in [0.1, 0.15) is 5.89 Å². The number of rotatable bonds is 5. The highest BCUT2D eigenvalue weighted by Crippen LogP contribution is 2.27. The van der Waals surface area contributed by atoms with Crippen molar-refractivity contribution < 1.29 is 9.26 Å². The Bertz CT molecular complexity index is 728. The number of thiophene rings is 1. The number of benzene rings is 1. The zero-order valence-electron chi connectivity index (χ0n) is 11.2. The standard InChI is InChI=1S/C14H12ClN3O2S/c1-19-11-5-4-9(7-10(11)15)16-8-13-17-14(18-20-13)12-3-2-6-21-12/h2-7,16H,8H2,1H3. The van der Waals surface area contributed by atoms with E-state index in [0.29, 0.717) is 29.0 Å². The Kier molecular flexibility index (Phi) is 4.08. The third-order valence-electron chi connectivity index (χ3n) is 2.81. The molecule has 2 aromatic heterocycles. The first-order chi connectivity index (χ1) is 10.3. The van der Waals surface area contributed by atoms with E-state index in [1.54, 1.807) is 30.6 Å². The topological polar surface area (TPSA) is 60.2 Å². The zero-order chi connectivity index (χ0) is 14.7. The minimum absolute atomic E-state index is 0.432. The lowest BCUT2D eigenvalue weighted by atomic mass is 10.3. The molecule has 0 bridgehead atoms. The smallest absolute Gasteiger partial charge is 0.246 e. The van der Waals surface area contributed by atoms with Crippen LogP contribution in [0.4, 0.5) is 5.69 Å². The molecule has 1 aromatic carbocycles. The minimum atomic E-state index is 0.432. The number of hydrogen-bond donors (Lipinski definition) is 1. The molecule has 1 N–H and O–H groups in total. The highest BCUT2D eigenvalue weighted by molar-refractivity contribution is 7.13. The summed E-state index contributed by atoms with van der Waals surface area (Å²) in [6.07, 6.45) is 0. The van der Waals surface area contributed by atoms with Gasteiger partial charge in [-0.2, -0.15) is 4.98 Å². The van der Waals surface area contributed by atoms with Gasteiger partial charge in [0.15, 0.2) is 0 Å². The van der Waals surface area contributed by atoms with Crippen LogP contribution >= 0.6 is 22.9 Å². The van der Waals surface area contributed by atoms with Crippen molar-refractivity contribution in [1.29, 1.82) is 0 Å². The van der Waals surface area contributed by atoms with Gasteiger partial charge < -0.3 is 14.6 Å². The van der Waals surface area contributed by atoms with Crippen molar-refractivity contribution in [2.75, 3.05) is 12.4 Å². The van der Waals surface area contributed by atoms with Crippen LogP contribution in [-0.2, 0) is 6.54 Å². The summed E-state index contributed by atoms with van der Waals surface area (Å²) in [6, 6.07) is 9.37. The van der Waals surface area contributed by atoms with E-state index in [2.05, 4.69) is 15.5 Å². The molecule has 0 aliphatic carbocycles. The van der Waals surface area contributed by atoms with Crippen LogP contribution in [0.2, 0.25) is 5.02 Å². The molecule has 108 valence electrons. The molecule has 0 saturated carbocycles. The molecule has 21 heavy (non-hydrogen) atoms. The first-order valence-electron chi connectivity index (χ1n) is 6.20. The summed E-state index contributed by atoms with van der Waals surface area (Å²) in [5, 5.41) is 9.66. The molecule has 0 aliphatic rings. The number of hydrogen-bond acceptors (Lipinski definition) is 6. The number of aromatic nitrogens is 2. The first-order valence-corrected chi connectivity index (χ1v) is 7.46. The number of halogens is 1. The van der Waals surface area contributed by atoms with Gasteiger partial charge in [0.1, 0.15) is 5.75 Å². The van der Waals surface area contributed by atoms with Crippen molar-refractivity contribution >= 4 is 28.6 Å². The molecule has 0 fully saturated rings. The number of nitrogens with one attached hydrogen (secondary N) is 1. The van der Waals surface area contributed by atoms with E-state index in [-0.39, 0.29) is 0 Å². The minimum Gasteiger partial charge on any atom is -0.495 e. The van der Waals surface area contributed by atoms with Crippen LogP contribution in [0.25, 0.3) is 10.7 Å². The van der Waals surface area contributed by atoms with Crippen molar-refractivity contribution in [2.45, 2.75) is 6.54 Å². The van der Waals surface area contributed by atoms with Gasteiger partial charge in [-0.25, -0.2) is 0 Å². The van der Waals surface area contributed by atoms with E-state index < -0.39 is 0 Å². The monoisotopic (exact) mass is 321 g/mol. The molecule has 3 rings (SSSR count). The van der Waals surface area contributed by atoms with Gasteiger partial charge >= 0.3 is 0 Å². The van der Waals surface area contributed by atoms with Crippen LogP contribution in [0.15, 0.2) is 40.2 Å². The van der Waals surface area contributed by atoms with E-state index in [1.807, 2.05) is 23.6 Å². The fourth-order valence-electron chi connectivity index (χ4n) is 1.79. The fraction of sp³-hybridized carbons (Fsp3) is 0.143. The van der Waals surface area contributed by atoms with Crippen LogP contribution < -0.4 is 10.1 Å². The summed E-state index contributed by atoms with van der Waals surface area (Å²) in [7, 11) is 1.58. The number of anilines is 1. The summed E-state index contributed by atoms with van der Waals surface area (Å²) in [5.74, 6) is 1.76. The van der Waals surface area contributed by atoms with Gasteiger partial charge in [0.2, 0.25) is 11.7 Å². The Morgan fingerprint density at radius 2 is 2.29 bits per heavy atom. The van der Waals surface area contributed by atoms with E-state index in [0.717, 1.165) is 10.6 Å². The summed E-state index contributed by atoms with van der Waals surface area (Å²) in [4.78, 5) is 5.32. The molecule has 0 aliphatic heterocycles. The molecule has 0 spiro atoms. The van der Waals surface area contributed by atoms with Crippen molar-refractivity contribution in [3.63, 3.8) is 0 Å². The van der Waals surface area contributed by atoms with Crippen LogP contribution in [0.5, 0.6) is 5.75 Å². The summed E-state index contributed by atoms with van der Waals surface area (Å²) >= 11 is 7.64. The second-order valence-corrected chi connectivity index (χ2v) is 5.55. The predicted octanol–water partition coefficient (Wildman–Crippen LogP) is 4.07. The van der Waals surface area contributed by atoms with E-state index in [1.165, 1.54) is 0 Å². The van der Waals surface area contributed by atoms with Gasteiger partial charge in [-0.3, -0.25) is 0 Å². The first kappa shape index (κ1) is 13.9. The Hall–Kier alpha value is -2.05. The highest BCUT2D eigenvalue weighted by atomic mass is 35.5. The maximum atomic E-state index is 6.07. The SMILES string of the molecule is COc1ccc(NCc2nc(-c3cccs3)no2)cc1Cl. The lowest BCUT2D eigenvalue weighted by molar-refractivity contribution is 0.384. The third kappa shape index (κ3) is 3.17. The molecule has 5 nitrogen and oxygen atoms in total. The maximum absolute atomic E-state index is 6.07. The highest BCUT2D eigenvalue weighted by Gasteiger charge is 2.09. The second-order valence-electron chi connectivity index (χ2n) is 4.19. The van der Waals surface area contributed by atoms with Crippen molar-refractivity contribution in [1.82, 2.24) is 10.1 Å². The zero-order valence-corrected chi connectivity index (χ0v) is 12.7. The second kappa shape index (κ2) is 6.15. The average Bonchev–Trinajstić information content (AvgIpc) is 3.16. The molecule has 7 heteroatoms. The molecule has 0 amide bonds. The molecule has 0 saturated heterocycles. The summed E-state index contributed by atoms with van der Waals surface area (Å²) in [5.41, 5.74) is 0.858. The molecule has 0 unspecified atom stereocenters. The normalized spacial score (nSPS) is 10.6. The molecule has 2 heterocycles. The Morgan fingerprint density at radius 3 is 3.00 bits per heavy atom. The van der Waals surface area contributed by atoms with Crippen molar-refractivity contribution in [3.05, 3.63) is 46.6 Å². The lowest BCUT2D eigenvalue weighted by Gasteiger charge is -2.06. The summed E-state index contributed by atoms with van der Waals surface area (Å²) in [6.45, 7) is 0.432. The quantitative estimate of drug-likeness (QED) is 0.767. The van der Waals surface area contributed by atoms with E-state index in [4.69, 9.17) is 20.9 Å². The van der Waals surface area contributed by atoms with Crippen LogP contribution in [0.3, 0.4) is 0 Å². The largest absolute Gasteiger partial charge is 0.495 e. The van der Waals surface area contributed by atoms with Crippen molar-refractivity contribution in [2.24, 2.45) is 0 Å². The molecule has 0 atom stereocenters. The van der Waals surface area contributed by atoms with Gasteiger partial charge in [-0.1, -0.05) is 22.8 Å². The molecular weight excluding hydrogens is 310 g/mol.